The number of carboxylic acids is 1. The number of nitrogens with zero attached hydrogens (tertiary/aromatic N) is 3. The van der Waals surface area contributed by atoms with Crippen molar-refractivity contribution in [1.29, 1.82) is 0 Å². The molecule has 8 heteroatoms. The number of benzene rings is 1. The number of aromatic nitrogens is 1. The summed E-state index contributed by atoms with van der Waals surface area (Å²) in [5.41, 5.74) is -0.302. The lowest BCUT2D eigenvalue weighted by molar-refractivity contribution is -0.383. The van der Waals surface area contributed by atoms with Gasteiger partial charge in [-0.2, -0.15) is 0 Å². The molecule has 1 aromatic carbocycles. The van der Waals surface area contributed by atoms with Gasteiger partial charge in [0.2, 0.25) is 0 Å². The van der Waals surface area contributed by atoms with Crippen molar-refractivity contribution in [3.63, 3.8) is 0 Å². The van der Waals surface area contributed by atoms with E-state index in [9.17, 15) is 19.3 Å². The first-order chi connectivity index (χ1) is 11.0. The molecule has 0 unspecified atom stereocenters. The SMILES string of the molecule is O=C(O)C1CCN(c2nccc3c([N+](=O)[O-])cc(F)cc23)CC1. The van der Waals surface area contributed by atoms with Crippen molar-refractivity contribution in [2.24, 2.45) is 5.92 Å². The van der Waals surface area contributed by atoms with Crippen LogP contribution in [0.25, 0.3) is 10.8 Å². The highest BCUT2D eigenvalue weighted by atomic mass is 19.1. The minimum atomic E-state index is -0.822. The van der Waals surface area contributed by atoms with Crippen molar-refractivity contribution < 1.29 is 19.2 Å². The lowest BCUT2D eigenvalue weighted by Gasteiger charge is -2.31. The third kappa shape index (κ3) is 2.79. The summed E-state index contributed by atoms with van der Waals surface area (Å²) in [4.78, 5) is 27.6. The van der Waals surface area contributed by atoms with Crippen molar-refractivity contribution in [2.75, 3.05) is 18.0 Å². The summed E-state index contributed by atoms with van der Waals surface area (Å²) in [6.07, 6.45) is 2.38. The van der Waals surface area contributed by atoms with Gasteiger partial charge in [-0.3, -0.25) is 14.9 Å². The maximum Gasteiger partial charge on any atom is 0.306 e. The van der Waals surface area contributed by atoms with Crippen LogP contribution >= 0.6 is 0 Å². The number of nitro benzene ring substituents is 1. The summed E-state index contributed by atoms with van der Waals surface area (Å²) in [6.45, 7) is 0.931. The number of non-ortho nitro benzene ring substituents is 1. The number of fused-ring (bicyclic) bond motifs is 1. The monoisotopic (exact) mass is 319 g/mol. The molecule has 1 aromatic heterocycles. The number of rotatable bonds is 3. The van der Waals surface area contributed by atoms with E-state index in [0.717, 1.165) is 6.07 Å². The van der Waals surface area contributed by atoms with Crippen molar-refractivity contribution in [2.45, 2.75) is 12.8 Å². The third-order valence-electron chi connectivity index (χ3n) is 4.14. The van der Waals surface area contributed by atoms with Crippen LogP contribution in [0.2, 0.25) is 0 Å². The van der Waals surface area contributed by atoms with Crippen molar-refractivity contribution >= 4 is 28.2 Å². The summed E-state index contributed by atoms with van der Waals surface area (Å²) in [5, 5.41) is 20.8. The molecule has 0 atom stereocenters. The molecule has 1 aliphatic heterocycles. The second-order valence-electron chi connectivity index (χ2n) is 5.51. The molecule has 1 fully saturated rings. The summed E-state index contributed by atoms with van der Waals surface area (Å²) in [6, 6.07) is 3.61. The van der Waals surface area contributed by atoms with Crippen LogP contribution in [-0.2, 0) is 4.79 Å². The molecule has 1 saturated heterocycles. The van der Waals surface area contributed by atoms with E-state index in [-0.39, 0.29) is 5.69 Å². The Kier molecular flexibility index (Phi) is 3.81. The molecule has 0 amide bonds. The van der Waals surface area contributed by atoms with Gasteiger partial charge in [-0.25, -0.2) is 9.37 Å². The molecular weight excluding hydrogens is 305 g/mol. The number of anilines is 1. The zero-order valence-electron chi connectivity index (χ0n) is 12.1. The molecule has 7 nitrogen and oxygen atoms in total. The summed E-state index contributed by atoms with van der Waals surface area (Å²) in [5.74, 6) is -1.46. The molecule has 2 aromatic rings. The second-order valence-corrected chi connectivity index (χ2v) is 5.51. The fourth-order valence-corrected chi connectivity index (χ4v) is 2.96. The number of nitro groups is 1. The van der Waals surface area contributed by atoms with Crippen LogP contribution < -0.4 is 4.90 Å². The van der Waals surface area contributed by atoms with Crippen LogP contribution in [-0.4, -0.2) is 34.1 Å². The van der Waals surface area contributed by atoms with E-state index in [1.807, 2.05) is 4.90 Å². The Hall–Kier alpha value is -2.77. The van der Waals surface area contributed by atoms with Gasteiger partial charge < -0.3 is 10.0 Å². The maximum atomic E-state index is 13.7. The number of carbonyl (C=O) groups is 1. The predicted molar refractivity (Wildman–Crippen MR) is 80.9 cm³/mol. The molecule has 1 N–H and O–H groups in total. The number of aliphatic carboxylic acids is 1. The largest absolute Gasteiger partial charge is 0.481 e. The normalized spacial score (nSPS) is 15.8. The molecule has 23 heavy (non-hydrogen) atoms. The molecule has 1 aliphatic rings. The highest BCUT2D eigenvalue weighted by Gasteiger charge is 2.27. The molecule has 0 spiro atoms. The van der Waals surface area contributed by atoms with Crippen molar-refractivity contribution in [3.8, 4) is 0 Å². The Morgan fingerprint density at radius 2 is 2.04 bits per heavy atom. The van der Waals surface area contributed by atoms with E-state index in [2.05, 4.69) is 4.98 Å². The number of pyridine rings is 1. The molecule has 0 bridgehead atoms. The smallest absolute Gasteiger partial charge is 0.306 e. The molecule has 0 saturated carbocycles. The van der Waals surface area contributed by atoms with Gasteiger partial charge in [0.1, 0.15) is 11.6 Å². The Bertz CT molecular complexity index is 788. The van der Waals surface area contributed by atoms with E-state index in [4.69, 9.17) is 5.11 Å². The highest BCUT2D eigenvalue weighted by molar-refractivity contribution is 5.98. The van der Waals surface area contributed by atoms with Crippen molar-refractivity contribution in [3.05, 3.63) is 40.3 Å². The number of halogens is 1. The lowest BCUT2D eigenvalue weighted by Crippen LogP contribution is -2.36. The maximum absolute atomic E-state index is 13.7. The van der Waals surface area contributed by atoms with Crippen LogP contribution in [0.3, 0.4) is 0 Å². The fraction of sp³-hybridized carbons (Fsp3) is 0.333. The summed E-state index contributed by atoms with van der Waals surface area (Å²) >= 11 is 0. The van der Waals surface area contributed by atoms with Gasteiger partial charge in [0.25, 0.3) is 5.69 Å². The highest BCUT2D eigenvalue weighted by Crippen LogP contribution is 2.33. The van der Waals surface area contributed by atoms with E-state index >= 15 is 0 Å². The van der Waals surface area contributed by atoms with Gasteiger partial charge in [-0.15, -0.1) is 0 Å². The molecule has 120 valence electrons. The van der Waals surface area contributed by atoms with Crippen molar-refractivity contribution in [1.82, 2.24) is 4.98 Å². The topological polar surface area (TPSA) is 96.6 Å². The number of piperidine rings is 1. The standard InChI is InChI=1S/C15H14FN3O4/c16-10-7-12-11(13(8-10)19(22)23)1-4-17-14(12)18-5-2-9(3-6-18)15(20)21/h1,4,7-9H,2-3,5-6H2,(H,20,21). The average molecular weight is 319 g/mol. The Labute approximate surface area is 130 Å². The molecule has 2 heterocycles. The number of hydrogen-bond acceptors (Lipinski definition) is 5. The van der Waals surface area contributed by atoms with Crippen LogP contribution in [0.1, 0.15) is 12.8 Å². The third-order valence-corrected chi connectivity index (χ3v) is 4.14. The first kappa shape index (κ1) is 15.1. The first-order valence-electron chi connectivity index (χ1n) is 7.18. The van der Waals surface area contributed by atoms with E-state index in [1.54, 1.807) is 0 Å². The Morgan fingerprint density at radius 1 is 1.35 bits per heavy atom. The predicted octanol–water partition coefficient (Wildman–Crippen LogP) is 2.58. The molecule has 3 rings (SSSR count). The minimum Gasteiger partial charge on any atom is -0.481 e. The van der Waals surface area contributed by atoms with Gasteiger partial charge in [0.05, 0.1) is 22.3 Å². The number of carboxylic acid groups (broad SMARTS) is 1. The van der Waals surface area contributed by atoms with Gasteiger partial charge in [-0.1, -0.05) is 0 Å². The summed E-state index contributed by atoms with van der Waals surface area (Å²) < 4.78 is 13.7. The first-order valence-corrected chi connectivity index (χ1v) is 7.18. The fourth-order valence-electron chi connectivity index (χ4n) is 2.96. The quantitative estimate of drug-likeness (QED) is 0.690. The summed E-state index contributed by atoms with van der Waals surface area (Å²) in [7, 11) is 0. The molecule has 0 aliphatic carbocycles. The minimum absolute atomic E-state index is 0.302. The zero-order valence-corrected chi connectivity index (χ0v) is 12.1. The zero-order chi connectivity index (χ0) is 16.6. The Morgan fingerprint density at radius 3 is 2.65 bits per heavy atom. The van der Waals surface area contributed by atoms with Crippen LogP contribution in [0.15, 0.2) is 24.4 Å². The Balaban J connectivity index is 2.02. The van der Waals surface area contributed by atoms with Gasteiger partial charge in [0.15, 0.2) is 0 Å². The van der Waals surface area contributed by atoms with Crippen LogP contribution in [0.5, 0.6) is 0 Å². The molecule has 0 radical (unpaired) electrons. The van der Waals surface area contributed by atoms with E-state index in [1.165, 1.54) is 18.3 Å². The van der Waals surface area contributed by atoms with Crippen LogP contribution in [0.4, 0.5) is 15.9 Å². The van der Waals surface area contributed by atoms with Gasteiger partial charge in [0, 0.05) is 24.7 Å². The second kappa shape index (κ2) is 5.79. The van der Waals surface area contributed by atoms with Gasteiger partial charge in [-0.05, 0) is 25.0 Å². The lowest BCUT2D eigenvalue weighted by atomic mass is 9.97. The van der Waals surface area contributed by atoms with E-state index < -0.39 is 22.6 Å². The van der Waals surface area contributed by atoms with E-state index in [0.29, 0.717) is 42.5 Å². The average Bonchev–Trinajstić information content (AvgIpc) is 2.53. The van der Waals surface area contributed by atoms with Crippen LogP contribution in [0, 0.1) is 21.8 Å². The molecular formula is C15H14FN3O4. The van der Waals surface area contributed by atoms with Gasteiger partial charge >= 0.3 is 5.97 Å². The number of hydrogen-bond donors (Lipinski definition) is 1.